The molecule has 2 amide bonds. The minimum Gasteiger partial charge on any atom is -0.340 e. The van der Waals surface area contributed by atoms with Gasteiger partial charge in [0, 0.05) is 70.3 Å². The van der Waals surface area contributed by atoms with E-state index in [4.69, 9.17) is 15.8 Å². The highest BCUT2D eigenvalue weighted by molar-refractivity contribution is 7.84. The Bertz CT molecular complexity index is 966. The standard InChI is InChI=1S/C23H35ClN4O5S/c1-18(2)13-22-16-27(8-7-26(22)15-20-5-4-6-21(24)14-20)23(30)17-33-34(31,32)28-11-9-25(10-12-28)19(3)29/h4-6,14,18,22H,7-13,15-17H2,1-3H3/t22-/m0/s1. The van der Waals surface area contributed by atoms with Crippen LogP contribution in [0.5, 0.6) is 0 Å². The number of carbonyl (C=O) groups excluding carboxylic acids is 2. The van der Waals surface area contributed by atoms with E-state index >= 15 is 0 Å². The molecule has 2 aliphatic rings. The third-order valence-electron chi connectivity index (χ3n) is 6.31. The predicted molar refractivity (Wildman–Crippen MR) is 130 cm³/mol. The Labute approximate surface area is 207 Å². The number of nitrogens with zero attached hydrogens (tertiary/aromatic N) is 4. The van der Waals surface area contributed by atoms with Crippen molar-refractivity contribution in [3.8, 4) is 0 Å². The van der Waals surface area contributed by atoms with Crippen molar-refractivity contribution in [2.75, 3.05) is 52.4 Å². The second-order valence-corrected chi connectivity index (χ2v) is 11.4. The van der Waals surface area contributed by atoms with Crippen molar-refractivity contribution in [3.63, 3.8) is 0 Å². The molecule has 1 aromatic rings. The lowest BCUT2D eigenvalue weighted by atomic mass is 9.99. The van der Waals surface area contributed by atoms with Crippen molar-refractivity contribution < 1.29 is 22.2 Å². The van der Waals surface area contributed by atoms with Crippen LogP contribution < -0.4 is 0 Å². The van der Waals surface area contributed by atoms with Crippen molar-refractivity contribution in [2.45, 2.75) is 39.8 Å². The Morgan fingerprint density at radius 1 is 1.09 bits per heavy atom. The molecule has 0 bridgehead atoms. The van der Waals surface area contributed by atoms with Gasteiger partial charge in [-0.15, -0.1) is 0 Å². The molecule has 3 rings (SSSR count). The molecule has 1 atom stereocenters. The van der Waals surface area contributed by atoms with Crippen molar-refractivity contribution >= 4 is 33.7 Å². The lowest BCUT2D eigenvalue weighted by molar-refractivity contribution is -0.136. The summed E-state index contributed by atoms with van der Waals surface area (Å²) in [7, 11) is -4.03. The van der Waals surface area contributed by atoms with Crippen LogP contribution in [0.2, 0.25) is 5.02 Å². The Morgan fingerprint density at radius 2 is 1.76 bits per heavy atom. The van der Waals surface area contributed by atoms with Crippen LogP contribution in [0.15, 0.2) is 24.3 Å². The number of carbonyl (C=O) groups is 2. The fourth-order valence-corrected chi connectivity index (χ4v) is 5.70. The van der Waals surface area contributed by atoms with Crippen LogP contribution in [0, 0.1) is 5.92 Å². The smallest absolute Gasteiger partial charge is 0.339 e. The molecule has 2 heterocycles. The van der Waals surface area contributed by atoms with Gasteiger partial charge in [-0.25, -0.2) is 4.18 Å². The quantitative estimate of drug-likeness (QED) is 0.525. The van der Waals surface area contributed by atoms with Crippen LogP contribution in [0.3, 0.4) is 0 Å². The summed E-state index contributed by atoms with van der Waals surface area (Å²) in [5.74, 6) is 0.0351. The molecular formula is C23H35ClN4O5S. The van der Waals surface area contributed by atoms with Gasteiger partial charge < -0.3 is 9.80 Å². The minimum absolute atomic E-state index is 0.0846. The van der Waals surface area contributed by atoms with E-state index in [1.165, 1.54) is 11.2 Å². The van der Waals surface area contributed by atoms with Crippen LogP contribution in [-0.4, -0.2) is 97.7 Å². The van der Waals surface area contributed by atoms with Gasteiger partial charge in [0.2, 0.25) is 11.8 Å². The zero-order valence-electron chi connectivity index (χ0n) is 20.2. The molecular weight excluding hydrogens is 480 g/mol. The van der Waals surface area contributed by atoms with Gasteiger partial charge in [-0.2, -0.15) is 12.7 Å². The van der Waals surface area contributed by atoms with Gasteiger partial charge in [-0.1, -0.05) is 37.6 Å². The second kappa shape index (κ2) is 11.8. The van der Waals surface area contributed by atoms with Crippen molar-refractivity contribution in [1.29, 1.82) is 0 Å². The van der Waals surface area contributed by atoms with Gasteiger partial charge in [0.15, 0.2) is 0 Å². The Kier molecular flexibility index (Phi) is 9.34. The predicted octanol–water partition coefficient (Wildman–Crippen LogP) is 1.82. The summed E-state index contributed by atoms with van der Waals surface area (Å²) in [4.78, 5) is 29.9. The SMILES string of the molecule is CC(=O)N1CCN(S(=O)(=O)OCC(=O)N2CCN(Cc3cccc(Cl)c3)[C@@H](CC(C)C)C2)CC1. The highest BCUT2D eigenvalue weighted by Gasteiger charge is 2.33. The molecule has 0 aromatic heterocycles. The topological polar surface area (TPSA) is 90.5 Å². The highest BCUT2D eigenvalue weighted by atomic mass is 35.5. The maximum atomic E-state index is 12.8. The van der Waals surface area contributed by atoms with Gasteiger partial charge >= 0.3 is 10.3 Å². The van der Waals surface area contributed by atoms with Crippen molar-refractivity contribution in [1.82, 2.24) is 19.0 Å². The molecule has 2 aliphatic heterocycles. The largest absolute Gasteiger partial charge is 0.340 e. The molecule has 11 heteroatoms. The van der Waals surface area contributed by atoms with E-state index in [9.17, 15) is 18.0 Å². The van der Waals surface area contributed by atoms with Crippen LogP contribution >= 0.6 is 11.6 Å². The maximum absolute atomic E-state index is 12.8. The second-order valence-electron chi connectivity index (χ2n) is 9.35. The minimum atomic E-state index is -4.03. The first kappa shape index (κ1) is 26.9. The van der Waals surface area contributed by atoms with Crippen LogP contribution in [0.1, 0.15) is 32.8 Å². The monoisotopic (exact) mass is 514 g/mol. The van der Waals surface area contributed by atoms with E-state index < -0.39 is 16.9 Å². The number of piperazine rings is 2. The van der Waals surface area contributed by atoms with Crippen molar-refractivity contribution in [3.05, 3.63) is 34.9 Å². The number of benzene rings is 1. The Hall–Kier alpha value is -1.72. The summed E-state index contributed by atoms with van der Waals surface area (Å²) in [5, 5.41) is 0.702. The third kappa shape index (κ3) is 7.39. The first-order valence-corrected chi connectivity index (χ1v) is 13.5. The number of hydrogen-bond donors (Lipinski definition) is 0. The average molecular weight is 515 g/mol. The summed E-state index contributed by atoms with van der Waals surface area (Å²) in [6, 6.07) is 7.95. The summed E-state index contributed by atoms with van der Waals surface area (Å²) in [6.45, 7) is 8.68. The van der Waals surface area contributed by atoms with Crippen LogP contribution in [-0.2, 0) is 30.6 Å². The zero-order valence-corrected chi connectivity index (χ0v) is 21.7. The first-order valence-electron chi connectivity index (χ1n) is 11.7. The van der Waals surface area contributed by atoms with Gasteiger partial charge in [-0.05, 0) is 30.0 Å². The molecule has 1 aromatic carbocycles. The van der Waals surface area contributed by atoms with Gasteiger partial charge in [0.25, 0.3) is 0 Å². The third-order valence-corrected chi connectivity index (χ3v) is 7.96. The summed E-state index contributed by atoms with van der Waals surface area (Å²) < 4.78 is 31.4. The molecule has 2 saturated heterocycles. The van der Waals surface area contributed by atoms with Crippen LogP contribution in [0.25, 0.3) is 0 Å². The number of halogens is 1. The Balaban J connectivity index is 1.55. The lowest BCUT2D eigenvalue weighted by Gasteiger charge is -2.42. The van der Waals surface area contributed by atoms with E-state index in [1.54, 1.807) is 9.80 Å². The average Bonchev–Trinajstić information content (AvgIpc) is 2.78. The zero-order chi connectivity index (χ0) is 24.9. The van der Waals surface area contributed by atoms with Gasteiger partial charge in [0.05, 0.1) is 0 Å². The normalized spacial score (nSPS) is 20.7. The molecule has 0 unspecified atom stereocenters. The van der Waals surface area contributed by atoms with E-state index in [1.807, 2.05) is 24.3 Å². The fourth-order valence-electron chi connectivity index (χ4n) is 4.48. The molecule has 0 saturated carbocycles. The summed E-state index contributed by atoms with van der Waals surface area (Å²) in [6.07, 6.45) is 0.921. The number of rotatable bonds is 8. The molecule has 2 fully saturated rings. The molecule has 9 nitrogen and oxygen atoms in total. The Morgan fingerprint density at radius 3 is 2.38 bits per heavy atom. The number of hydrogen-bond acceptors (Lipinski definition) is 6. The van der Waals surface area contributed by atoms with Crippen molar-refractivity contribution in [2.24, 2.45) is 5.92 Å². The molecule has 190 valence electrons. The van der Waals surface area contributed by atoms with E-state index in [0.29, 0.717) is 43.7 Å². The number of amides is 2. The molecule has 0 spiro atoms. The summed E-state index contributed by atoms with van der Waals surface area (Å²) >= 11 is 6.14. The highest BCUT2D eigenvalue weighted by Crippen LogP contribution is 2.21. The molecule has 0 N–H and O–H groups in total. The summed E-state index contributed by atoms with van der Waals surface area (Å²) in [5.41, 5.74) is 1.13. The molecule has 34 heavy (non-hydrogen) atoms. The van der Waals surface area contributed by atoms with Gasteiger partial charge in [-0.3, -0.25) is 14.5 Å². The van der Waals surface area contributed by atoms with E-state index in [0.717, 1.165) is 18.5 Å². The lowest BCUT2D eigenvalue weighted by Crippen LogP contribution is -2.55. The fraction of sp³-hybridized carbons (Fsp3) is 0.652. The van der Waals surface area contributed by atoms with E-state index in [-0.39, 0.29) is 30.9 Å². The molecule has 0 radical (unpaired) electrons. The first-order chi connectivity index (χ1) is 16.0. The maximum Gasteiger partial charge on any atom is 0.339 e. The van der Waals surface area contributed by atoms with Gasteiger partial charge in [0.1, 0.15) is 6.61 Å². The van der Waals surface area contributed by atoms with Crippen LogP contribution in [0.4, 0.5) is 0 Å². The molecule has 0 aliphatic carbocycles. The van der Waals surface area contributed by atoms with E-state index in [2.05, 4.69) is 18.7 Å².